The van der Waals surface area contributed by atoms with Gasteiger partial charge in [-0.15, -0.1) is 0 Å². The van der Waals surface area contributed by atoms with Crippen molar-refractivity contribution >= 4 is 5.91 Å². The highest BCUT2D eigenvalue weighted by molar-refractivity contribution is 5.79. The zero-order valence-electron chi connectivity index (χ0n) is 26.3. The van der Waals surface area contributed by atoms with E-state index in [4.69, 9.17) is 18.9 Å². The quantitative estimate of drug-likeness (QED) is 0.0912. The second kappa shape index (κ2) is 18.2. The molecule has 1 saturated heterocycles. The van der Waals surface area contributed by atoms with E-state index in [0.29, 0.717) is 63.6 Å². The van der Waals surface area contributed by atoms with Gasteiger partial charge in [0, 0.05) is 63.6 Å². The van der Waals surface area contributed by atoms with Crippen molar-refractivity contribution in [2.45, 2.75) is 84.0 Å². The molecule has 1 fully saturated rings. The molecule has 11 nitrogen and oxygen atoms in total. The van der Waals surface area contributed by atoms with Crippen LogP contribution in [0.4, 0.5) is 0 Å². The fourth-order valence-corrected chi connectivity index (χ4v) is 5.31. The summed E-state index contributed by atoms with van der Waals surface area (Å²) < 4.78 is 21.9. The number of benzene rings is 1. The molecule has 0 saturated carbocycles. The van der Waals surface area contributed by atoms with E-state index < -0.39 is 23.7 Å². The average molecular weight is 593 g/mol. The molecule has 1 aliphatic rings. The van der Waals surface area contributed by atoms with Gasteiger partial charge < -0.3 is 34.5 Å². The molecule has 0 bridgehead atoms. The molecule has 1 aliphatic heterocycles. The first-order valence-electron chi connectivity index (χ1n) is 15.1. The van der Waals surface area contributed by atoms with E-state index in [9.17, 15) is 20.5 Å². The number of hydrogen-bond donors (Lipinski definition) is 3. The molecular weight excluding hydrogens is 540 g/mol. The smallest absolute Gasteiger partial charge is 0.223 e. The second-order valence-corrected chi connectivity index (χ2v) is 12.1. The normalized spacial score (nSPS) is 17.7. The zero-order valence-corrected chi connectivity index (χ0v) is 26.3. The molecular formula is C31H52N4O7. The second-order valence-electron chi connectivity index (χ2n) is 12.1. The van der Waals surface area contributed by atoms with Crippen LogP contribution in [0.25, 0.3) is 10.4 Å². The fraction of sp³-hybridized carbons (Fsp3) is 0.774. The number of ether oxygens (including phenoxy) is 4. The summed E-state index contributed by atoms with van der Waals surface area (Å²) in [6.45, 7) is 10.3. The summed E-state index contributed by atoms with van der Waals surface area (Å²) in [5, 5.41) is 28.9. The van der Waals surface area contributed by atoms with Crippen molar-refractivity contribution in [3.63, 3.8) is 0 Å². The predicted octanol–water partition coefficient (Wildman–Crippen LogP) is 4.68. The highest BCUT2D eigenvalue weighted by Crippen LogP contribution is 2.33. The lowest BCUT2D eigenvalue weighted by Crippen LogP contribution is -2.49. The fourth-order valence-electron chi connectivity index (χ4n) is 5.31. The molecule has 0 unspecified atom stereocenters. The van der Waals surface area contributed by atoms with Crippen LogP contribution in [0.1, 0.15) is 65.4 Å². The Bertz CT molecular complexity index is 993. The Morgan fingerprint density at radius 2 is 1.83 bits per heavy atom. The average Bonchev–Trinajstić information content (AvgIpc) is 2.96. The van der Waals surface area contributed by atoms with Gasteiger partial charge in [0.05, 0.1) is 31.5 Å². The lowest BCUT2D eigenvalue weighted by atomic mass is 9.80. The Morgan fingerprint density at radius 3 is 2.43 bits per heavy atom. The highest BCUT2D eigenvalue weighted by atomic mass is 16.5. The van der Waals surface area contributed by atoms with Gasteiger partial charge in [-0.05, 0) is 60.2 Å². The van der Waals surface area contributed by atoms with Crippen molar-refractivity contribution < 1.29 is 34.0 Å². The van der Waals surface area contributed by atoms with Gasteiger partial charge in [-0.1, -0.05) is 38.9 Å². The Hall–Kier alpha value is -2.56. The number of hydrogen-bond acceptors (Lipinski definition) is 8. The van der Waals surface area contributed by atoms with Gasteiger partial charge in [0.2, 0.25) is 5.91 Å². The van der Waals surface area contributed by atoms with Gasteiger partial charge in [0.15, 0.2) is 11.5 Å². The number of methoxy groups -OCH3 is 2. The lowest BCUT2D eigenvalue weighted by molar-refractivity contribution is -0.130. The number of carbonyl (C=O) groups is 1. The molecule has 238 valence electrons. The third-order valence-corrected chi connectivity index (χ3v) is 8.26. The monoisotopic (exact) mass is 592 g/mol. The van der Waals surface area contributed by atoms with Crippen LogP contribution in [0.15, 0.2) is 23.3 Å². The molecule has 1 amide bonds. The van der Waals surface area contributed by atoms with Crippen LogP contribution in [-0.2, 0) is 20.7 Å². The van der Waals surface area contributed by atoms with E-state index in [1.165, 1.54) is 0 Å². The molecule has 1 aromatic rings. The van der Waals surface area contributed by atoms with Crippen LogP contribution in [0.2, 0.25) is 0 Å². The van der Waals surface area contributed by atoms with Crippen LogP contribution < -0.4 is 14.8 Å². The summed E-state index contributed by atoms with van der Waals surface area (Å²) in [6, 6.07) is 5.17. The summed E-state index contributed by atoms with van der Waals surface area (Å²) in [7, 11) is 3.27. The lowest BCUT2D eigenvalue weighted by Gasteiger charge is -2.33. The summed E-state index contributed by atoms with van der Waals surface area (Å²) in [6.07, 6.45) is 2.00. The number of amides is 1. The molecule has 1 aromatic carbocycles. The molecule has 0 radical (unpaired) electrons. The van der Waals surface area contributed by atoms with Crippen molar-refractivity contribution in [1.29, 1.82) is 0 Å². The van der Waals surface area contributed by atoms with Crippen LogP contribution in [0.5, 0.6) is 11.5 Å². The van der Waals surface area contributed by atoms with Gasteiger partial charge in [-0.3, -0.25) is 4.79 Å². The first-order chi connectivity index (χ1) is 20.0. The minimum Gasteiger partial charge on any atom is -0.493 e. The topological polar surface area (TPSA) is 155 Å². The standard InChI is InChI=1S/C31H52N4O7/c1-21(2)24(16-23-8-9-28(40-6)29(17-23)42-13-7-12-39-5)18-26(34-35-32)27(36)19-25(22(3)4)30(37)33-20-31(38)10-14-41-15-11-31/h8-9,17,21-22,24-27,36,38H,7,10-16,18-20H2,1-6H3,(H,33,37)/t24-,25-,26-,27-/m0/s1. The summed E-state index contributed by atoms with van der Waals surface area (Å²) in [5.74, 6) is 0.874. The van der Waals surface area contributed by atoms with Crippen molar-refractivity contribution in [1.82, 2.24) is 5.32 Å². The van der Waals surface area contributed by atoms with Crippen molar-refractivity contribution in [2.24, 2.45) is 28.8 Å². The third kappa shape index (κ3) is 11.6. The van der Waals surface area contributed by atoms with Crippen molar-refractivity contribution in [3.8, 4) is 11.5 Å². The predicted molar refractivity (Wildman–Crippen MR) is 162 cm³/mol. The van der Waals surface area contributed by atoms with E-state index in [-0.39, 0.29) is 36.6 Å². The Morgan fingerprint density at radius 1 is 1.12 bits per heavy atom. The number of aliphatic hydroxyl groups excluding tert-OH is 1. The number of aliphatic hydroxyl groups is 2. The van der Waals surface area contributed by atoms with E-state index in [1.807, 2.05) is 32.0 Å². The highest BCUT2D eigenvalue weighted by Gasteiger charge is 2.34. The van der Waals surface area contributed by atoms with Crippen LogP contribution in [0.3, 0.4) is 0 Å². The largest absolute Gasteiger partial charge is 0.493 e. The minimum absolute atomic E-state index is 0.0572. The SMILES string of the molecule is COCCCOc1cc(C[C@@H](C[C@H](N=[N+]=[N-])[C@@H](O)C[C@H](C(=O)NCC2(O)CCOCC2)C(C)C)C(C)C)ccc1OC. The number of nitrogens with one attached hydrogen (secondary N) is 1. The van der Waals surface area contributed by atoms with Gasteiger partial charge in [0.1, 0.15) is 0 Å². The summed E-state index contributed by atoms with van der Waals surface area (Å²) in [5.41, 5.74) is 9.41. The van der Waals surface area contributed by atoms with E-state index >= 15 is 0 Å². The maximum absolute atomic E-state index is 13.2. The number of nitrogens with zero attached hydrogens (tertiary/aromatic N) is 3. The molecule has 4 atom stereocenters. The van der Waals surface area contributed by atoms with E-state index in [1.54, 1.807) is 14.2 Å². The maximum Gasteiger partial charge on any atom is 0.223 e. The van der Waals surface area contributed by atoms with Gasteiger partial charge >= 0.3 is 0 Å². The molecule has 2 rings (SSSR count). The first-order valence-corrected chi connectivity index (χ1v) is 15.1. The maximum atomic E-state index is 13.2. The molecule has 1 heterocycles. The zero-order chi connectivity index (χ0) is 31.1. The minimum atomic E-state index is -0.998. The molecule has 3 N–H and O–H groups in total. The van der Waals surface area contributed by atoms with Crippen LogP contribution in [-0.4, -0.2) is 81.1 Å². The molecule has 0 aromatic heterocycles. The Kier molecular flexibility index (Phi) is 15.4. The van der Waals surface area contributed by atoms with Gasteiger partial charge in [-0.25, -0.2) is 0 Å². The Labute approximate surface area is 250 Å². The molecule has 42 heavy (non-hydrogen) atoms. The molecule has 11 heteroatoms. The number of azide groups is 1. The van der Waals surface area contributed by atoms with Crippen molar-refractivity contribution in [2.75, 3.05) is 47.2 Å². The van der Waals surface area contributed by atoms with Crippen LogP contribution >= 0.6 is 0 Å². The third-order valence-electron chi connectivity index (χ3n) is 8.26. The van der Waals surface area contributed by atoms with Crippen LogP contribution in [0, 0.1) is 23.7 Å². The Balaban J connectivity index is 2.10. The van der Waals surface area contributed by atoms with E-state index in [0.717, 1.165) is 12.0 Å². The molecule has 0 spiro atoms. The van der Waals surface area contributed by atoms with Gasteiger partial charge in [0.25, 0.3) is 0 Å². The number of carbonyl (C=O) groups excluding carboxylic acids is 1. The molecule has 0 aliphatic carbocycles. The number of rotatable bonds is 19. The van der Waals surface area contributed by atoms with E-state index in [2.05, 4.69) is 29.2 Å². The summed E-state index contributed by atoms with van der Waals surface area (Å²) >= 11 is 0. The first kappa shape index (κ1) is 35.6. The van der Waals surface area contributed by atoms with Crippen molar-refractivity contribution in [3.05, 3.63) is 34.2 Å². The van der Waals surface area contributed by atoms with Gasteiger partial charge in [-0.2, -0.15) is 0 Å². The summed E-state index contributed by atoms with van der Waals surface area (Å²) in [4.78, 5) is 16.2.